The molecule has 0 radical (unpaired) electrons. The van der Waals surface area contributed by atoms with Gasteiger partial charge in [-0.1, -0.05) is 16.8 Å². The van der Waals surface area contributed by atoms with Gasteiger partial charge in [0.2, 0.25) is 6.19 Å². The van der Waals surface area contributed by atoms with Crippen molar-refractivity contribution >= 4 is 22.3 Å². The lowest BCUT2D eigenvalue weighted by Crippen LogP contribution is -2.07. The number of nitrogens with zero attached hydrogens (tertiary/aromatic N) is 3. The summed E-state index contributed by atoms with van der Waals surface area (Å²) in [5.41, 5.74) is 0.363. The molecule has 0 amide bonds. The second kappa shape index (κ2) is 6.03. The first kappa shape index (κ1) is 14.0. The normalized spacial score (nSPS) is 13.4. The number of hydrogen-bond donors (Lipinski definition) is 0. The van der Waals surface area contributed by atoms with Crippen LogP contribution < -0.4 is 0 Å². The Bertz CT molecular complexity index is 448. The lowest BCUT2D eigenvalue weighted by Gasteiger charge is -2.07. The second-order valence-corrected chi connectivity index (χ2v) is 5.56. The SMILES string of the molecule is CS(CCc1ccc(C(F)(F)Cl)nc1)=NC#N. The van der Waals surface area contributed by atoms with Crippen LogP contribution in [-0.4, -0.2) is 17.0 Å². The average molecular weight is 278 g/mol. The molecule has 1 aromatic rings. The van der Waals surface area contributed by atoms with Gasteiger partial charge < -0.3 is 0 Å². The molecule has 1 unspecified atom stereocenters. The van der Waals surface area contributed by atoms with Crippen LogP contribution in [0.3, 0.4) is 0 Å². The molecule has 0 saturated heterocycles. The molecule has 7 heteroatoms. The topological polar surface area (TPSA) is 49.0 Å². The number of nitriles is 1. The van der Waals surface area contributed by atoms with E-state index in [4.69, 9.17) is 16.9 Å². The van der Waals surface area contributed by atoms with E-state index >= 15 is 0 Å². The van der Waals surface area contributed by atoms with E-state index in [2.05, 4.69) is 9.35 Å². The van der Waals surface area contributed by atoms with Crippen LogP contribution in [0.5, 0.6) is 0 Å². The third-order valence-corrected chi connectivity index (χ3v) is 3.38. The van der Waals surface area contributed by atoms with Crippen molar-refractivity contribution < 1.29 is 8.78 Å². The largest absolute Gasteiger partial charge is 0.364 e. The predicted molar refractivity (Wildman–Crippen MR) is 63.9 cm³/mol. The van der Waals surface area contributed by atoms with Gasteiger partial charge in [-0.15, -0.1) is 0 Å². The van der Waals surface area contributed by atoms with Crippen LogP contribution in [0.25, 0.3) is 0 Å². The van der Waals surface area contributed by atoms with Crippen LogP contribution in [0.1, 0.15) is 11.3 Å². The Hall–Kier alpha value is -1.06. The average Bonchev–Trinajstić information content (AvgIpc) is 2.26. The Kier molecular flexibility index (Phi) is 4.97. The van der Waals surface area contributed by atoms with Gasteiger partial charge in [-0.05, 0) is 35.9 Å². The van der Waals surface area contributed by atoms with E-state index in [0.29, 0.717) is 12.2 Å². The molecule has 0 saturated carbocycles. The molecule has 1 atom stereocenters. The van der Waals surface area contributed by atoms with Gasteiger partial charge >= 0.3 is 5.38 Å². The molecule has 3 nitrogen and oxygen atoms in total. The highest BCUT2D eigenvalue weighted by Crippen LogP contribution is 2.30. The van der Waals surface area contributed by atoms with Crippen molar-refractivity contribution in [3.05, 3.63) is 29.6 Å². The Morgan fingerprint density at radius 1 is 1.59 bits per heavy atom. The zero-order chi connectivity index (χ0) is 12.9. The summed E-state index contributed by atoms with van der Waals surface area (Å²) in [6.07, 6.45) is 5.60. The van der Waals surface area contributed by atoms with Crippen molar-refractivity contribution in [3.8, 4) is 6.19 Å². The van der Waals surface area contributed by atoms with Gasteiger partial charge in [0.15, 0.2) is 0 Å². The maximum atomic E-state index is 12.7. The molecular formula is C10H10ClF2N3S. The molecule has 92 valence electrons. The van der Waals surface area contributed by atoms with E-state index in [1.54, 1.807) is 12.3 Å². The summed E-state index contributed by atoms with van der Waals surface area (Å²) < 4.78 is 29.0. The Balaban J connectivity index is 2.64. The van der Waals surface area contributed by atoms with Crippen molar-refractivity contribution in [1.29, 1.82) is 5.26 Å². The monoisotopic (exact) mass is 277 g/mol. The van der Waals surface area contributed by atoms with Gasteiger partial charge in [0.1, 0.15) is 5.69 Å². The number of halogens is 3. The fraction of sp³-hybridized carbons (Fsp3) is 0.400. The smallest absolute Gasteiger partial charge is 0.253 e. The number of aryl methyl sites for hydroxylation is 1. The van der Waals surface area contributed by atoms with Crippen LogP contribution in [0.2, 0.25) is 0 Å². The van der Waals surface area contributed by atoms with Gasteiger partial charge in [-0.25, -0.2) is 0 Å². The molecule has 1 rings (SSSR count). The molecule has 17 heavy (non-hydrogen) atoms. The number of rotatable bonds is 4. The fourth-order valence-electron chi connectivity index (χ4n) is 1.12. The summed E-state index contributed by atoms with van der Waals surface area (Å²) >= 11 is 4.83. The van der Waals surface area contributed by atoms with Crippen molar-refractivity contribution in [1.82, 2.24) is 4.98 Å². The molecule has 0 bridgehead atoms. The van der Waals surface area contributed by atoms with Gasteiger partial charge in [-0.3, -0.25) is 4.98 Å². The van der Waals surface area contributed by atoms with Crippen LogP contribution >= 0.6 is 11.6 Å². The van der Waals surface area contributed by atoms with Gasteiger partial charge in [0.05, 0.1) is 0 Å². The zero-order valence-corrected chi connectivity index (χ0v) is 10.6. The van der Waals surface area contributed by atoms with E-state index in [1.807, 2.05) is 6.26 Å². The second-order valence-electron chi connectivity index (χ2n) is 3.30. The highest BCUT2D eigenvalue weighted by atomic mass is 35.5. The summed E-state index contributed by atoms with van der Waals surface area (Å²) in [6, 6.07) is 2.76. The van der Waals surface area contributed by atoms with Crippen LogP contribution in [0.4, 0.5) is 8.78 Å². The maximum Gasteiger partial charge on any atom is 0.364 e. The van der Waals surface area contributed by atoms with Gasteiger partial charge in [-0.2, -0.15) is 18.4 Å². The minimum atomic E-state index is -3.43. The maximum absolute atomic E-state index is 12.7. The number of aromatic nitrogens is 1. The van der Waals surface area contributed by atoms with Crippen LogP contribution in [0.15, 0.2) is 22.7 Å². The molecule has 1 aromatic heterocycles. The molecule has 0 spiro atoms. The number of pyridine rings is 1. The highest BCUT2D eigenvalue weighted by molar-refractivity contribution is 7.86. The third-order valence-electron chi connectivity index (χ3n) is 2.00. The zero-order valence-electron chi connectivity index (χ0n) is 9.03. The molecule has 1 heterocycles. The summed E-state index contributed by atoms with van der Waals surface area (Å²) in [5.74, 6) is 0.700. The summed E-state index contributed by atoms with van der Waals surface area (Å²) in [6.45, 7) is 0. The first-order valence-corrected chi connectivity index (χ1v) is 6.82. The highest BCUT2D eigenvalue weighted by Gasteiger charge is 2.29. The van der Waals surface area contributed by atoms with Crippen LogP contribution in [0, 0.1) is 11.5 Å². The van der Waals surface area contributed by atoms with Gasteiger partial charge in [0.25, 0.3) is 0 Å². The van der Waals surface area contributed by atoms with E-state index in [-0.39, 0.29) is 10.7 Å². The van der Waals surface area contributed by atoms with Gasteiger partial charge in [0, 0.05) is 11.9 Å². The Labute approximate surface area is 106 Å². The Morgan fingerprint density at radius 2 is 2.29 bits per heavy atom. The quantitative estimate of drug-likeness (QED) is 0.628. The molecule has 0 aliphatic rings. The molecule has 0 N–H and O–H groups in total. The molecule has 0 aliphatic carbocycles. The van der Waals surface area contributed by atoms with Crippen molar-refractivity contribution in [2.24, 2.45) is 4.36 Å². The third kappa shape index (κ3) is 4.75. The first-order chi connectivity index (χ1) is 7.93. The first-order valence-electron chi connectivity index (χ1n) is 4.68. The van der Waals surface area contributed by atoms with E-state index in [0.717, 1.165) is 5.56 Å². The summed E-state index contributed by atoms with van der Waals surface area (Å²) in [7, 11) is -0.331. The van der Waals surface area contributed by atoms with E-state index in [9.17, 15) is 8.78 Å². The van der Waals surface area contributed by atoms with Crippen molar-refractivity contribution in [3.63, 3.8) is 0 Å². The lowest BCUT2D eigenvalue weighted by molar-refractivity contribution is 0.0900. The Morgan fingerprint density at radius 3 is 2.76 bits per heavy atom. The molecule has 0 fully saturated rings. The van der Waals surface area contributed by atoms with E-state index in [1.165, 1.54) is 12.3 Å². The lowest BCUT2D eigenvalue weighted by atomic mass is 10.2. The van der Waals surface area contributed by atoms with E-state index < -0.39 is 11.1 Å². The molecule has 0 aromatic carbocycles. The summed E-state index contributed by atoms with van der Waals surface area (Å²) in [4.78, 5) is 3.60. The predicted octanol–water partition coefficient (Wildman–Crippen LogP) is 2.82. The molecular weight excluding hydrogens is 268 g/mol. The van der Waals surface area contributed by atoms with Crippen molar-refractivity contribution in [2.75, 3.05) is 12.0 Å². The number of alkyl halides is 3. The van der Waals surface area contributed by atoms with Crippen LogP contribution in [-0.2, 0) is 22.5 Å². The minimum absolute atomic E-state index is 0.331. The molecule has 0 aliphatic heterocycles. The number of hydrogen-bond acceptors (Lipinski definition) is 3. The summed E-state index contributed by atoms with van der Waals surface area (Å²) in [5, 5.41) is 4.91. The van der Waals surface area contributed by atoms with Crippen molar-refractivity contribution in [2.45, 2.75) is 11.8 Å². The fourth-order valence-corrected chi connectivity index (χ4v) is 1.99. The standard InChI is InChI=1S/C10H10ClF2N3S/c1-17(16-7-14)5-4-8-2-3-9(15-6-8)10(11,12)13/h2-3,6H,4-5H2,1H3. The minimum Gasteiger partial charge on any atom is -0.253 e.